The van der Waals surface area contributed by atoms with Crippen molar-refractivity contribution in [3.05, 3.63) is 29.8 Å². The van der Waals surface area contributed by atoms with E-state index in [-0.39, 0.29) is 11.7 Å². The summed E-state index contributed by atoms with van der Waals surface area (Å²) in [5.41, 5.74) is 0.437. The molecule has 1 aromatic carbocycles. The predicted octanol–water partition coefficient (Wildman–Crippen LogP) is 5.50. The minimum Gasteiger partial charge on any atom is -0.508 e. The second-order valence-electron chi connectivity index (χ2n) is 7.09. The van der Waals surface area contributed by atoms with Crippen molar-refractivity contribution in [1.29, 1.82) is 0 Å². The molecule has 0 saturated heterocycles. The molecule has 1 N–H and O–H groups in total. The largest absolute Gasteiger partial charge is 0.508 e. The second-order valence-corrected chi connectivity index (χ2v) is 7.09. The molecule has 160 valence electrons. The monoisotopic (exact) mass is 394 g/mol. The number of hydrogen-bond acceptors (Lipinski definition) is 5. The number of phenols is 1. The third-order valence-corrected chi connectivity index (χ3v) is 4.49. The summed E-state index contributed by atoms with van der Waals surface area (Å²) < 4.78 is 16.3. The summed E-state index contributed by atoms with van der Waals surface area (Å²) in [7, 11) is 0. The number of unbranched alkanes of at least 4 members (excludes halogenated alkanes) is 7. The lowest BCUT2D eigenvalue weighted by Gasteiger charge is -2.07. The molecule has 0 aliphatic heterocycles. The Hall–Kier alpha value is -1.59. The maximum Gasteiger partial charge on any atom is 0.338 e. The number of benzene rings is 1. The highest BCUT2D eigenvalue weighted by Crippen LogP contribution is 2.11. The molecule has 0 unspecified atom stereocenters. The quantitative estimate of drug-likeness (QED) is 0.263. The topological polar surface area (TPSA) is 65.0 Å². The van der Waals surface area contributed by atoms with Crippen LogP contribution in [0.15, 0.2) is 24.3 Å². The van der Waals surface area contributed by atoms with E-state index in [0.29, 0.717) is 31.8 Å². The molecule has 1 aromatic rings. The van der Waals surface area contributed by atoms with Crippen molar-refractivity contribution in [2.45, 2.75) is 71.1 Å². The van der Waals surface area contributed by atoms with Crippen LogP contribution in [0.5, 0.6) is 5.75 Å². The van der Waals surface area contributed by atoms with Crippen LogP contribution in [0.2, 0.25) is 0 Å². The first-order valence-electron chi connectivity index (χ1n) is 10.9. The number of phenolic OH excluding ortho intramolecular Hbond substituents is 1. The molecule has 0 aromatic heterocycles. The molecule has 0 saturated carbocycles. The molecule has 0 radical (unpaired) electrons. The normalized spacial score (nSPS) is 10.9. The first kappa shape index (κ1) is 24.4. The van der Waals surface area contributed by atoms with Crippen LogP contribution in [0.25, 0.3) is 0 Å². The highest BCUT2D eigenvalue weighted by atomic mass is 16.5. The summed E-state index contributed by atoms with van der Waals surface area (Å²) in [5.74, 6) is -0.249. The van der Waals surface area contributed by atoms with E-state index >= 15 is 0 Å². The standard InChI is InChI=1S/C23H38O5/c1-2-3-4-5-6-7-8-9-16-26-17-10-18-27-19-11-20-28-23(25)21-12-14-22(24)15-13-21/h12-15,24H,2-11,16-20H2,1H3. The Morgan fingerprint density at radius 3 is 1.82 bits per heavy atom. The zero-order valence-corrected chi connectivity index (χ0v) is 17.5. The van der Waals surface area contributed by atoms with Gasteiger partial charge in [0.1, 0.15) is 5.75 Å². The average molecular weight is 395 g/mol. The molecular weight excluding hydrogens is 356 g/mol. The van der Waals surface area contributed by atoms with Gasteiger partial charge in [0.25, 0.3) is 0 Å². The highest BCUT2D eigenvalue weighted by Gasteiger charge is 2.06. The van der Waals surface area contributed by atoms with Crippen LogP contribution in [-0.2, 0) is 14.2 Å². The number of rotatable bonds is 18. The maximum atomic E-state index is 11.8. The Labute approximate surface area is 170 Å². The van der Waals surface area contributed by atoms with Gasteiger partial charge >= 0.3 is 5.97 Å². The first-order valence-corrected chi connectivity index (χ1v) is 10.9. The molecule has 0 bridgehead atoms. The molecule has 5 nitrogen and oxygen atoms in total. The molecule has 0 spiro atoms. The van der Waals surface area contributed by atoms with Crippen molar-refractivity contribution in [3.8, 4) is 5.75 Å². The van der Waals surface area contributed by atoms with Gasteiger partial charge in [0.2, 0.25) is 0 Å². The summed E-state index contributed by atoms with van der Waals surface area (Å²) in [6, 6.07) is 6.02. The minimum atomic E-state index is -0.380. The first-order chi connectivity index (χ1) is 13.7. The SMILES string of the molecule is CCCCCCCCCCOCCCOCCCOC(=O)c1ccc(O)cc1. The van der Waals surface area contributed by atoms with Crippen LogP contribution < -0.4 is 0 Å². The number of ether oxygens (including phenoxy) is 3. The summed E-state index contributed by atoms with van der Waals surface area (Å²) in [6.45, 7) is 5.41. The Morgan fingerprint density at radius 2 is 1.21 bits per heavy atom. The Balaban J connectivity index is 1.78. The van der Waals surface area contributed by atoms with Gasteiger partial charge in [0, 0.05) is 32.8 Å². The molecule has 0 aliphatic carbocycles. The smallest absolute Gasteiger partial charge is 0.338 e. The van der Waals surface area contributed by atoms with Crippen molar-refractivity contribution in [3.63, 3.8) is 0 Å². The number of carbonyl (C=O) groups excluding carboxylic acids is 1. The van der Waals surface area contributed by atoms with E-state index in [9.17, 15) is 9.90 Å². The average Bonchev–Trinajstić information content (AvgIpc) is 2.70. The summed E-state index contributed by atoms with van der Waals surface area (Å²) in [6.07, 6.45) is 12.1. The van der Waals surface area contributed by atoms with E-state index in [2.05, 4.69) is 6.92 Å². The van der Waals surface area contributed by atoms with Crippen LogP contribution in [0.3, 0.4) is 0 Å². The summed E-state index contributed by atoms with van der Waals surface area (Å²) in [4.78, 5) is 11.8. The van der Waals surface area contributed by atoms with E-state index in [4.69, 9.17) is 14.2 Å². The lowest BCUT2D eigenvalue weighted by atomic mass is 10.1. The van der Waals surface area contributed by atoms with E-state index in [0.717, 1.165) is 26.1 Å². The number of hydrogen-bond donors (Lipinski definition) is 1. The number of esters is 1. The third-order valence-electron chi connectivity index (χ3n) is 4.49. The Bertz CT molecular complexity index is 486. The number of aromatic hydroxyl groups is 1. The molecule has 0 fully saturated rings. The van der Waals surface area contributed by atoms with Gasteiger partial charge < -0.3 is 19.3 Å². The fourth-order valence-corrected chi connectivity index (χ4v) is 2.81. The highest BCUT2D eigenvalue weighted by molar-refractivity contribution is 5.89. The van der Waals surface area contributed by atoms with Crippen LogP contribution in [0.4, 0.5) is 0 Å². The molecular formula is C23H38O5. The van der Waals surface area contributed by atoms with Crippen molar-refractivity contribution in [2.24, 2.45) is 0 Å². The van der Waals surface area contributed by atoms with Crippen LogP contribution >= 0.6 is 0 Å². The van der Waals surface area contributed by atoms with Crippen LogP contribution in [0.1, 0.15) is 81.5 Å². The van der Waals surface area contributed by atoms with Gasteiger partial charge in [-0.05, 0) is 37.1 Å². The number of carbonyl (C=O) groups is 1. The lowest BCUT2D eigenvalue weighted by molar-refractivity contribution is 0.0422. The molecule has 0 amide bonds. The van der Waals surface area contributed by atoms with Gasteiger partial charge in [0.15, 0.2) is 0 Å². The van der Waals surface area contributed by atoms with Gasteiger partial charge in [0.05, 0.1) is 12.2 Å². The predicted molar refractivity (Wildman–Crippen MR) is 112 cm³/mol. The van der Waals surface area contributed by atoms with Crippen LogP contribution in [-0.4, -0.2) is 44.1 Å². The summed E-state index contributed by atoms with van der Waals surface area (Å²) >= 11 is 0. The minimum absolute atomic E-state index is 0.131. The maximum absolute atomic E-state index is 11.8. The van der Waals surface area contributed by atoms with Crippen LogP contribution in [0, 0.1) is 0 Å². The molecule has 5 heteroatoms. The molecule has 0 atom stereocenters. The third kappa shape index (κ3) is 13.6. The van der Waals surface area contributed by atoms with Crippen molar-refractivity contribution in [2.75, 3.05) is 33.0 Å². The van der Waals surface area contributed by atoms with Gasteiger partial charge in [-0.2, -0.15) is 0 Å². The van der Waals surface area contributed by atoms with Crippen molar-refractivity contribution >= 4 is 5.97 Å². The van der Waals surface area contributed by atoms with Crippen molar-refractivity contribution < 1.29 is 24.1 Å². The lowest BCUT2D eigenvalue weighted by Crippen LogP contribution is -2.09. The van der Waals surface area contributed by atoms with Gasteiger partial charge in [-0.15, -0.1) is 0 Å². The zero-order valence-electron chi connectivity index (χ0n) is 17.5. The Morgan fingerprint density at radius 1 is 0.714 bits per heavy atom. The molecule has 0 heterocycles. The van der Waals surface area contributed by atoms with Gasteiger partial charge in [-0.3, -0.25) is 0 Å². The van der Waals surface area contributed by atoms with E-state index < -0.39 is 0 Å². The van der Waals surface area contributed by atoms with E-state index in [1.54, 1.807) is 12.1 Å². The fraction of sp³-hybridized carbons (Fsp3) is 0.696. The van der Waals surface area contributed by atoms with Crippen molar-refractivity contribution in [1.82, 2.24) is 0 Å². The Kier molecular flexibility index (Phi) is 15.3. The zero-order chi connectivity index (χ0) is 20.3. The van der Waals surface area contributed by atoms with E-state index in [1.807, 2.05) is 0 Å². The fourth-order valence-electron chi connectivity index (χ4n) is 2.81. The van der Waals surface area contributed by atoms with Gasteiger partial charge in [-0.1, -0.05) is 51.9 Å². The molecule has 0 aliphatic rings. The van der Waals surface area contributed by atoms with Gasteiger partial charge in [-0.25, -0.2) is 4.79 Å². The van der Waals surface area contributed by atoms with E-state index in [1.165, 1.54) is 57.1 Å². The second kappa shape index (κ2) is 17.5. The molecule has 28 heavy (non-hydrogen) atoms. The summed E-state index contributed by atoms with van der Waals surface area (Å²) in [5, 5.41) is 9.19. The molecule has 1 rings (SSSR count).